The second-order valence-corrected chi connectivity index (χ2v) is 9.22. The van der Waals surface area contributed by atoms with Gasteiger partial charge >= 0.3 is 0 Å². The predicted octanol–water partition coefficient (Wildman–Crippen LogP) is 3.02. The van der Waals surface area contributed by atoms with Crippen LogP contribution in [0.25, 0.3) is 0 Å². The molecule has 4 heterocycles. The van der Waals surface area contributed by atoms with Gasteiger partial charge in [-0.25, -0.2) is 9.29 Å². The lowest BCUT2D eigenvalue weighted by Gasteiger charge is -2.36. The van der Waals surface area contributed by atoms with Crippen LogP contribution < -0.4 is 10.2 Å². The molecule has 6 rings (SSSR count). The number of amides is 3. The number of carbonyl (C=O) groups excluding carboxylic acids is 3. The summed E-state index contributed by atoms with van der Waals surface area (Å²) in [6.07, 6.45) is 1.56. The molecule has 4 aliphatic heterocycles. The molecule has 3 amide bonds. The molecule has 0 aromatic heterocycles. The van der Waals surface area contributed by atoms with Gasteiger partial charge in [0.15, 0.2) is 0 Å². The summed E-state index contributed by atoms with van der Waals surface area (Å²) in [5.74, 6) is -2.98. The highest BCUT2D eigenvalue weighted by Gasteiger charge is 2.74. The molecule has 0 saturated carbocycles. The van der Waals surface area contributed by atoms with E-state index in [0.717, 1.165) is 17.3 Å². The molecule has 0 aliphatic carbocycles. The molecule has 1 spiro atoms. The SMILES string of the molecule is O=C1[C@@H]2[C@@H]3CCCN3[C@@]3(C(=O)Nc4ccc(F)cc43)[C@H]2C(=O)N1c1ccc(Br)cc1. The van der Waals surface area contributed by atoms with Gasteiger partial charge in [0.1, 0.15) is 11.4 Å². The molecule has 8 heteroatoms. The molecule has 1 N–H and O–H groups in total. The third-order valence-electron chi connectivity index (χ3n) is 7.04. The Hall–Kier alpha value is -2.58. The molecular weight excluding hydrogens is 453 g/mol. The molecule has 152 valence electrons. The molecule has 3 saturated heterocycles. The average molecular weight is 470 g/mol. The van der Waals surface area contributed by atoms with Crippen LogP contribution in [0.2, 0.25) is 0 Å². The summed E-state index contributed by atoms with van der Waals surface area (Å²) < 4.78 is 15.1. The summed E-state index contributed by atoms with van der Waals surface area (Å²) in [6.45, 7) is 0.597. The first-order valence-electron chi connectivity index (χ1n) is 9.96. The number of nitrogens with one attached hydrogen (secondary N) is 1. The number of carbonyl (C=O) groups is 3. The number of fused-ring (bicyclic) bond motifs is 7. The molecule has 0 unspecified atom stereocenters. The lowest BCUT2D eigenvalue weighted by Crippen LogP contribution is -2.54. The number of imide groups is 1. The Morgan fingerprint density at radius 3 is 2.60 bits per heavy atom. The van der Waals surface area contributed by atoms with Gasteiger partial charge < -0.3 is 5.32 Å². The van der Waals surface area contributed by atoms with Crippen LogP contribution in [0, 0.1) is 17.7 Å². The van der Waals surface area contributed by atoms with Crippen LogP contribution in [0.5, 0.6) is 0 Å². The number of hydrogen-bond donors (Lipinski definition) is 1. The second kappa shape index (κ2) is 5.98. The van der Waals surface area contributed by atoms with Crippen molar-refractivity contribution in [3.63, 3.8) is 0 Å². The lowest BCUT2D eigenvalue weighted by molar-refractivity contribution is -0.135. The maximum atomic E-state index is 14.2. The van der Waals surface area contributed by atoms with Gasteiger partial charge in [-0.15, -0.1) is 0 Å². The zero-order chi connectivity index (χ0) is 20.8. The first kappa shape index (κ1) is 18.2. The summed E-state index contributed by atoms with van der Waals surface area (Å²) in [7, 11) is 0. The first-order valence-corrected chi connectivity index (χ1v) is 10.8. The van der Waals surface area contributed by atoms with E-state index in [9.17, 15) is 18.8 Å². The van der Waals surface area contributed by atoms with Crippen molar-refractivity contribution in [3.8, 4) is 0 Å². The van der Waals surface area contributed by atoms with Crippen LogP contribution in [0.1, 0.15) is 18.4 Å². The largest absolute Gasteiger partial charge is 0.324 e. The fraction of sp³-hybridized carbons (Fsp3) is 0.318. The van der Waals surface area contributed by atoms with Crippen molar-refractivity contribution < 1.29 is 18.8 Å². The molecule has 6 nitrogen and oxygen atoms in total. The maximum Gasteiger partial charge on any atom is 0.250 e. The van der Waals surface area contributed by atoms with E-state index in [4.69, 9.17) is 0 Å². The van der Waals surface area contributed by atoms with Crippen LogP contribution in [0.4, 0.5) is 15.8 Å². The van der Waals surface area contributed by atoms with E-state index in [1.807, 2.05) is 4.90 Å². The minimum absolute atomic E-state index is 0.216. The molecule has 3 fully saturated rings. The van der Waals surface area contributed by atoms with Crippen LogP contribution in [0.15, 0.2) is 46.9 Å². The van der Waals surface area contributed by atoms with Gasteiger partial charge in [0.05, 0.1) is 17.5 Å². The van der Waals surface area contributed by atoms with Crippen LogP contribution >= 0.6 is 15.9 Å². The zero-order valence-electron chi connectivity index (χ0n) is 15.8. The van der Waals surface area contributed by atoms with E-state index >= 15 is 0 Å². The number of benzene rings is 2. The van der Waals surface area contributed by atoms with Gasteiger partial charge in [0.2, 0.25) is 17.7 Å². The normalized spacial score (nSPS) is 32.0. The molecule has 0 bridgehead atoms. The zero-order valence-corrected chi connectivity index (χ0v) is 17.4. The predicted molar refractivity (Wildman–Crippen MR) is 110 cm³/mol. The Balaban J connectivity index is 1.56. The van der Waals surface area contributed by atoms with Crippen molar-refractivity contribution in [2.45, 2.75) is 24.4 Å². The van der Waals surface area contributed by atoms with Crippen molar-refractivity contribution >= 4 is 45.0 Å². The fourth-order valence-corrected chi connectivity index (χ4v) is 6.28. The van der Waals surface area contributed by atoms with Crippen molar-refractivity contribution in [3.05, 3.63) is 58.3 Å². The van der Waals surface area contributed by atoms with Gasteiger partial charge in [-0.05, 0) is 61.9 Å². The van der Waals surface area contributed by atoms with Crippen LogP contribution in [-0.2, 0) is 19.9 Å². The van der Waals surface area contributed by atoms with E-state index in [0.29, 0.717) is 23.5 Å². The van der Waals surface area contributed by atoms with Gasteiger partial charge in [-0.3, -0.25) is 19.3 Å². The summed E-state index contributed by atoms with van der Waals surface area (Å²) >= 11 is 3.37. The Morgan fingerprint density at radius 2 is 1.83 bits per heavy atom. The molecule has 30 heavy (non-hydrogen) atoms. The Morgan fingerprint density at radius 1 is 1.07 bits per heavy atom. The number of rotatable bonds is 1. The minimum atomic E-state index is -1.35. The Labute approximate surface area is 180 Å². The van der Waals surface area contributed by atoms with E-state index < -0.39 is 29.1 Å². The maximum absolute atomic E-state index is 14.2. The van der Waals surface area contributed by atoms with E-state index in [1.165, 1.54) is 23.1 Å². The Bertz CT molecular complexity index is 1140. The summed E-state index contributed by atoms with van der Waals surface area (Å²) in [6, 6.07) is 10.9. The highest BCUT2D eigenvalue weighted by atomic mass is 79.9. The first-order chi connectivity index (χ1) is 14.4. The van der Waals surface area contributed by atoms with Gasteiger partial charge in [0, 0.05) is 21.8 Å². The summed E-state index contributed by atoms with van der Waals surface area (Å²) in [4.78, 5) is 43.8. The van der Waals surface area contributed by atoms with Crippen molar-refractivity contribution in [2.24, 2.45) is 11.8 Å². The van der Waals surface area contributed by atoms with E-state index in [-0.39, 0.29) is 17.9 Å². The fourth-order valence-electron chi connectivity index (χ4n) is 6.02. The topological polar surface area (TPSA) is 69.7 Å². The highest BCUT2D eigenvalue weighted by Crippen LogP contribution is 2.60. The third-order valence-corrected chi connectivity index (χ3v) is 7.57. The molecule has 4 aliphatic rings. The average Bonchev–Trinajstić information content (AvgIpc) is 3.42. The van der Waals surface area contributed by atoms with E-state index in [1.54, 1.807) is 24.3 Å². The lowest BCUT2D eigenvalue weighted by atomic mass is 9.75. The Kier molecular flexibility index (Phi) is 3.63. The highest BCUT2D eigenvalue weighted by molar-refractivity contribution is 9.10. The van der Waals surface area contributed by atoms with Crippen molar-refractivity contribution in [2.75, 3.05) is 16.8 Å². The third kappa shape index (κ3) is 2.03. The molecule has 0 radical (unpaired) electrons. The monoisotopic (exact) mass is 469 g/mol. The molecule has 2 aromatic rings. The minimum Gasteiger partial charge on any atom is -0.324 e. The summed E-state index contributed by atoms with van der Waals surface area (Å²) in [5, 5.41) is 2.84. The van der Waals surface area contributed by atoms with Crippen LogP contribution in [0.3, 0.4) is 0 Å². The number of hydrogen-bond acceptors (Lipinski definition) is 4. The standard InChI is InChI=1S/C22H17BrFN3O3/c23-11-3-6-13(7-4-11)27-19(28)17-16-2-1-9-26(16)22(18(17)20(27)29)14-10-12(24)5-8-15(14)25-21(22)30/h3-8,10,16-18H,1-2,9H2,(H,25,30)/t16-,17+,18+,22+/m0/s1. The van der Waals surface area contributed by atoms with E-state index in [2.05, 4.69) is 21.2 Å². The quantitative estimate of drug-likeness (QED) is 0.651. The molecule has 4 atom stereocenters. The van der Waals surface area contributed by atoms with Gasteiger partial charge in [-0.1, -0.05) is 15.9 Å². The number of halogens is 2. The number of anilines is 2. The van der Waals surface area contributed by atoms with Crippen molar-refractivity contribution in [1.82, 2.24) is 4.90 Å². The second-order valence-electron chi connectivity index (χ2n) is 8.31. The van der Waals surface area contributed by atoms with Crippen LogP contribution in [-0.4, -0.2) is 35.2 Å². The van der Waals surface area contributed by atoms with Gasteiger partial charge in [-0.2, -0.15) is 0 Å². The summed E-state index contributed by atoms with van der Waals surface area (Å²) in [5.41, 5.74) is 0.112. The number of nitrogens with zero attached hydrogens (tertiary/aromatic N) is 2. The van der Waals surface area contributed by atoms with Crippen molar-refractivity contribution in [1.29, 1.82) is 0 Å². The smallest absolute Gasteiger partial charge is 0.250 e. The molecular formula is C22H17BrFN3O3. The molecule has 2 aromatic carbocycles. The van der Waals surface area contributed by atoms with Gasteiger partial charge in [0.25, 0.3) is 0 Å².